The molecule has 1 aromatic heterocycles. The lowest BCUT2D eigenvalue weighted by molar-refractivity contribution is 0.102. The van der Waals surface area contributed by atoms with Gasteiger partial charge in [-0.1, -0.05) is 54.5 Å². The molecule has 0 aliphatic rings. The third-order valence-corrected chi connectivity index (χ3v) is 5.52. The van der Waals surface area contributed by atoms with Crippen LogP contribution in [0.5, 0.6) is 0 Å². The normalized spacial score (nSPS) is 11.3. The lowest BCUT2D eigenvalue weighted by Crippen LogP contribution is -2.17. The molecule has 0 fully saturated rings. The number of nitrogens with zero attached hydrogens (tertiary/aromatic N) is 2. The van der Waals surface area contributed by atoms with Crippen molar-refractivity contribution in [3.8, 4) is 0 Å². The van der Waals surface area contributed by atoms with Crippen molar-refractivity contribution in [1.29, 1.82) is 0 Å². The third-order valence-electron chi connectivity index (χ3n) is 3.73. The second kappa shape index (κ2) is 7.49. The number of carbonyl (C=O) groups excluding carboxylic acids is 1. The maximum Gasteiger partial charge on any atom is 0.322 e. The topological polar surface area (TPSA) is 102 Å². The molecule has 3 rings (SSSR count). The molecule has 0 radical (unpaired) electrons. The summed E-state index contributed by atoms with van der Waals surface area (Å²) in [7, 11) is -3.53. The average Bonchev–Trinajstić information content (AvgIpc) is 3.09. The Morgan fingerprint density at radius 3 is 2.46 bits per heavy atom. The van der Waals surface area contributed by atoms with Crippen molar-refractivity contribution in [2.75, 3.05) is 11.1 Å². The number of hydrogen-bond acceptors (Lipinski definition) is 6. The number of carbonyl (C=O) groups is 1. The van der Waals surface area contributed by atoms with E-state index in [1.54, 1.807) is 12.1 Å². The summed E-state index contributed by atoms with van der Waals surface area (Å²) >= 11 is 0. The molecule has 26 heavy (non-hydrogen) atoms. The van der Waals surface area contributed by atoms with Gasteiger partial charge in [0.1, 0.15) is 0 Å². The van der Waals surface area contributed by atoms with E-state index in [4.69, 9.17) is 4.42 Å². The van der Waals surface area contributed by atoms with Gasteiger partial charge in [0.2, 0.25) is 5.89 Å². The van der Waals surface area contributed by atoms with E-state index in [1.807, 2.05) is 30.3 Å². The van der Waals surface area contributed by atoms with E-state index in [2.05, 4.69) is 15.5 Å². The average molecular weight is 371 g/mol. The van der Waals surface area contributed by atoms with Gasteiger partial charge in [-0.05, 0) is 17.7 Å². The number of rotatable bonds is 6. The van der Waals surface area contributed by atoms with Crippen LogP contribution < -0.4 is 5.32 Å². The summed E-state index contributed by atoms with van der Waals surface area (Å²) in [4.78, 5) is 12.4. The molecule has 0 bridgehead atoms. The molecule has 0 saturated heterocycles. The predicted molar refractivity (Wildman–Crippen MR) is 95.7 cm³/mol. The standard InChI is InChI=1S/C18H17N3O4S/c1-2-26(23,24)15-11-7-6-10-14(15)17(22)19-18-21-20-16(25-18)12-13-8-4-3-5-9-13/h3-11H,2,12H2,1H3,(H,19,21,22). The molecule has 3 aromatic rings. The Morgan fingerprint density at radius 2 is 1.73 bits per heavy atom. The monoisotopic (exact) mass is 371 g/mol. The lowest BCUT2D eigenvalue weighted by atomic mass is 10.2. The van der Waals surface area contributed by atoms with Crippen LogP contribution >= 0.6 is 0 Å². The second-order valence-corrected chi connectivity index (χ2v) is 7.76. The van der Waals surface area contributed by atoms with Gasteiger partial charge in [0.05, 0.1) is 22.6 Å². The fourth-order valence-corrected chi connectivity index (χ4v) is 3.48. The largest absolute Gasteiger partial charge is 0.407 e. The molecular weight excluding hydrogens is 354 g/mol. The van der Waals surface area contributed by atoms with E-state index in [0.29, 0.717) is 12.3 Å². The molecule has 0 spiro atoms. The van der Waals surface area contributed by atoms with E-state index in [0.717, 1.165) is 5.56 Å². The number of anilines is 1. The molecule has 1 amide bonds. The molecule has 8 heteroatoms. The van der Waals surface area contributed by atoms with E-state index in [9.17, 15) is 13.2 Å². The summed E-state index contributed by atoms with van der Waals surface area (Å²) in [5.41, 5.74) is 1.03. The minimum atomic E-state index is -3.53. The van der Waals surface area contributed by atoms with Gasteiger partial charge in [0, 0.05) is 0 Å². The summed E-state index contributed by atoms with van der Waals surface area (Å²) in [6, 6.07) is 15.5. The van der Waals surface area contributed by atoms with E-state index in [1.165, 1.54) is 19.1 Å². The van der Waals surface area contributed by atoms with Crippen LogP contribution in [-0.4, -0.2) is 30.3 Å². The Bertz CT molecular complexity index is 1010. The minimum absolute atomic E-state index is 0.0241. The van der Waals surface area contributed by atoms with Gasteiger partial charge in [-0.15, -0.1) is 5.10 Å². The highest BCUT2D eigenvalue weighted by Crippen LogP contribution is 2.19. The molecule has 134 valence electrons. The van der Waals surface area contributed by atoms with Crippen LogP contribution in [0.3, 0.4) is 0 Å². The maximum absolute atomic E-state index is 12.5. The van der Waals surface area contributed by atoms with Crippen molar-refractivity contribution in [3.63, 3.8) is 0 Å². The third kappa shape index (κ3) is 3.97. The van der Waals surface area contributed by atoms with E-state index >= 15 is 0 Å². The zero-order valence-electron chi connectivity index (χ0n) is 14.0. The Labute approximate surface area is 151 Å². The first kappa shape index (κ1) is 17.8. The van der Waals surface area contributed by atoms with Gasteiger partial charge >= 0.3 is 6.01 Å². The molecule has 2 aromatic carbocycles. The Balaban J connectivity index is 1.78. The zero-order chi connectivity index (χ0) is 18.6. The van der Waals surface area contributed by atoms with Crippen molar-refractivity contribution in [3.05, 3.63) is 71.6 Å². The lowest BCUT2D eigenvalue weighted by Gasteiger charge is -2.07. The van der Waals surface area contributed by atoms with Crippen LogP contribution in [0, 0.1) is 0 Å². The van der Waals surface area contributed by atoms with Gasteiger partial charge < -0.3 is 4.42 Å². The first-order valence-electron chi connectivity index (χ1n) is 7.99. The SMILES string of the molecule is CCS(=O)(=O)c1ccccc1C(=O)Nc1nnc(Cc2ccccc2)o1. The van der Waals surface area contributed by atoms with Crippen molar-refractivity contribution >= 4 is 21.8 Å². The summed E-state index contributed by atoms with van der Waals surface area (Å²) in [6.45, 7) is 1.53. The fraction of sp³-hybridized carbons (Fsp3) is 0.167. The summed E-state index contributed by atoms with van der Waals surface area (Å²) in [5, 5.41) is 10.1. The molecule has 0 aliphatic heterocycles. The number of hydrogen-bond donors (Lipinski definition) is 1. The number of sulfone groups is 1. The van der Waals surface area contributed by atoms with Crippen LogP contribution in [0.15, 0.2) is 63.9 Å². The quantitative estimate of drug-likeness (QED) is 0.715. The zero-order valence-corrected chi connectivity index (χ0v) is 14.9. The smallest absolute Gasteiger partial charge is 0.322 e. The molecule has 0 unspecified atom stereocenters. The Morgan fingerprint density at radius 1 is 1.04 bits per heavy atom. The summed E-state index contributed by atoms with van der Waals surface area (Å²) < 4.78 is 29.7. The summed E-state index contributed by atoms with van der Waals surface area (Å²) in [6.07, 6.45) is 0.435. The van der Waals surface area contributed by atoms with Crippen molar-refractivity contribution in [2.24, 2.45) is 0 Å². The van der Waals surface area contributed by atoms with Gasteiger partial charge in [-0.2, -0.15) is 0 Å². The predicted octanol–water partition coefficient (Wildman–Crippen LogP) is 2.71. The molecule has 0 aliphatic carbocycles. The highest BCUT2D eigenvalue weighted by Gasteiger charge is 2.21. The second-order valence-electron chi connectivity index (χ2n) is 5.52. The Hall–Kier alpha value is -3.00. The van der Waals surface area contributed by atoms with Gasteiger partial charge in [-0.25, -0.2) is 8.42 Å². The molecule has 1 N–H and O–H groups in total. The van der Waals surface area contributed by atoms with E-state index < -0.39 is 15.7 Å². The molecule has 1 heterocycles. The number of amides is 1. The van der Waals surface area contributed by atoms with Crippen LogP contribution in [0.4, 0.5) is 6.01 Å². The number of benzene rings is 2. The first-order valence-corrected chi connectivity index (χ1v) is 9.64. The molecule has 0 saturated carbocycles. The van der Waals surface area contributed by atoms with Crippen molar-refractivity contribution in [1.82, 2.24) is 10.2 Å². The highest BCUT2D eigenvalue weighted by molar-refractivity contribution is 7.91. The van der Waals surface area contributed by atoms with Gasteiger partial charge in [0.15, 0.2) is 9.84 Å². The van der Waals surface area contributed by atoms with Crippen LogP contribution in [-0.2, 0) is 16.3 Å². The van der Waals surface area contributed by atoms with E-state index in [-0.39, 0.29) is 22.2 Å². The van der Waals surface area contributed by atoms with Crippen molar-refractivity contribution < 1.29 is 17.6 Å². The van der Waals surface area contributed by atoms with Crippen LogP contribution in [0.1, 0.15) is 28.7 Å². The fourth-order valence-electron chi connectivity index (χ4n) is 2.39. The van der Waals surface area contributed by atoms with Crippen LogP contribution in [0.2, 0.25) is 0 Å². The number of aromatic nitrogens is 2. The maximum atomic E-state index is 12.5. The van der Waals surface area contributed by atoms with Crippen LogP contribution in [0.25, 0.3) is 0 Å². The van der Waals surface area contributed by atoms with Gasteiger partial charge in [0.25, 0.3) is 5.91 Å². The van der Waals surface area contributed by atoms with Gasteiger partial charge in [-0.3, -0.25) is 10.1 Å². The molecule has 7 nitrogen and oxygen atoms in total. The highest BCUT2D eigenvalue weighted by atomic mass is 32.2. The first-order chi connectivity index (χ1) is 12.5. The number of nitrogens with one attached hydrogen (secondary N) is 1. The molecular formula is C18H17N3O4S. The summed E-state index contributed by atoms with van der Waals surface area (Å²) in [5.74, 6) is -0.368. The Kier molecular flexibility index (Phi) is 5.13. The molecule has 0 atom stereocenters. The minimum Gasteiger partial charge on any atom is -0.407 e. The van der Waals surface area contributed by atoms with Crippen molar-refractivity contribution in [2.45, 2.75) is 18.2 Å².